The Morgan fingerprint density at radius 2 is 2.00 bits per heavy atom. The zero-order valence-corrected chi connectivity index (χ0v) is 25.5. The number of ether oxygens (including phenoxy) is 1. The first kappa shape index (κ1) is 32.8. The summed E-state index contributed by atoms with van der Waals surface area (Å²) in [5, 5.41) is 27.0. The molecule has 0 saturated carbocycles. The smallest absolute Gasteiger partial charge is 0.393 e. The van der Waals surface area contributed by atoms with E-state index in [0.717, 1.165) is 16.3 Å². The standard InChI is InChI=1S/C27H42N2O9S2/c1-15-8-7-9-27(14-30)22(37-27)11-20(16(2)10-19-13-39-18(4)28-19)29-23(32)12-21(31)26(5,6)25(33)17(3)24(15)38-40(34,35)36/h10,13,15,17,20-22,24,30-31H,7-9,11-12,14H2,1-6H3,(H,29,32)(H,34,35,36)/b16-10+/t15?,17?,20?,21?,22?,24?,27-/m0/s1. The summed E-state index contributed by atoms with van der Waals surface area (Å²) < 4.78 is 43.6. The van der Waals surface area contributed by atoms with Gasteiger partial charge in [0.05, 0.1) is 53.5 Å². The number of nitrogens with zero attached hydrogens (tertiary/aromatic N) is 1. The minimum absolute atomic E-state index is 0.229. The van der Waals surface area contributed by atoms with Gasteiger partial charge in [0.25, 0.3) is 0 Å². The SMILES string of the molecule is C/C(=C\c1csc(C)n1)C1CC2O[C@]2(CO)CCCC(C)C(OS(=O)(=O)O)C(C)C(=O)C(C)(C)C(O)CC(=O)N1. The summed E-state index contributed by atoms with van der Waals surface area (Å²) in [7, 11) is -4.87. The lowest BCUT2D eigenvalue weighted by Gasteiger charge is -2.35. The summed E-state index contributed by atoms with van der Waals surface area (Å²) in [6.45, 7) is 9.78. The molecule has 1 aromatic rings. The van der Waals surface area contributed by atoms with E-state index in [1.165, 1.54) is 32.1 Å². The molecule has 6 unspecified atom stereocenters. The monoisotopic (exact) mass is 602 g/mol. The molecule has 3 rings (SSSR count). The third kappa shape index (κ3) is 7.96. The number of thiazole rings is 1. The quantitative estimate of drug-likeness (QED) is 0.290. The first-order valence-electron chi connectivity index (χ1n) is 13.6. The third-order valence-corrected chi connectivity index (χ3v) is 9.58. The molecule has 1 aromatic heterocycles. The second-order valence-electron chi connectivity index (χ2n) is 11.8. The second-order valence-corrected chi connectivity index (χ2v) is 13.9. The van der Waals surface area contributed by atoms with Crippen LogP contribution in [0, 0.1) is 24.2 Å². The van der Waals surface area contributed by atoms with E-state index in [2.05, 4.69) is 10.3 Å². The normalized spacial score (nSPS) is 34.7. The molecule has 226 valence electrons. The van der Waals surface area contributed by atoms with Crippen LogP contribution in [-0.2, 0) is 28.9 Å². The number of aliphatic hydroxyl groups is 2. The topological polar surface area (TPSA) is 176 Å². The van der Waals surface area contributed by atoms with Crippen LogP contribution < -0.4 is 5.32 Å². The number of hydrogen-bond acceptors (Lipinski definition) is 10. The number of aromatic nitrogens is 1. The minimum Gasteiger partial charge on any atom is -0.393 e. The predicted molar refractivity (Wildman–Crippen MR) is 150 cm³/mol. The Morgan fingerprint density at radius 3 is 2.58 bits per heavy atom. The Kier molecular flexibility index (Phi) is 10.4. The van der Waals surface area contributed by atoms with Crippen LogP contribution >= 0.6 is 11.3 Å². The van der Waals surface area contributed by atoms with Crippen molar-refractivity contribution in [2.75, 3.05) is 6.61 Å². The van der Waals surface area contributed by atoms with E-state index >= 15 is 0 Å². The van der Waals surface area contributed by atoms with Crippen LogP contribution in [0.3, 0.4) is 0 Å². The molecule has 2 aliphatic rings. The summed E-state index contributed by atoms with van der Waals surface area (Å²) in [4.78, 5) is 31.2. The molecule has 4 N–H and O–H groups in total. The summed E-state index contributed by atoms with van der Waals surface area (Å²) in [6.07, 6.45) is 0.425. The van der Waals surface area contributed by atoms with Gasteiger partial charge in [-0.3, -0.25) is 14.1 Å². The van der Waals surface area contributed by atoms with E-state index in [0.29, 0.717) is 25.7 Å². The second kappa shape index (κ2) is 12.6. The van der Waals surface area contributed by atoms with Crippen molar-refractivity contribution in [3.8, 4) is 0 Å². The number of carbonyl (C=O) groups excluding carboxylic acids is 2. The molecule has 0 aliphatic carbocycles. The van der Waals surface area contributed by atoms with Crippen LogP contribution in [0.2, 0.25) is 0 Å². The van der Waals surface area contributed by atoms with Gasteiger partial charge >= 0.3 is 10.4 Å². The lowest BCUT2D eigenvalue weighted by molar-refractivity contribution is -0.142. The van der Waals surface area contributed by atoms with Gasteiger partial charge in [0.1, 0.15) is 11.4 Å². The van der Waals surface area contributed by atoms with Crippen molar-refractivity contribution < 1.29 is 41.7 Å². The highest BCUT2D eigenvalue weighted by molar-refractivity contribution is 7.80. The molecule has 1 amide bonds. The fraction of sp³-hybridized carbons (Fsp3) is 0.741. The highest BCUT2D eigenvalue weighted by Crippen LogP contribution is 2.45. The molecule has 0 aromatic carbocycles. The van der Waals surface area contributed by atoms with Gasteiger partial charge in [-0.15, -0.1) is 11.3 Å². The minimum atomic E-state index is -4.87. The van der Waals surface area contributed by atoms with Crippen molar-refractivity contribution in [2.45, 2.75) is 104 Å². The Hall–Kier alpha value is -1.74. The number of amides is 1. The maximum atomic E-state index is 13.5. The molecule has 2 fully saturated rings. The van der Waals surface area contributed by atoms with Crippen LogP contribution in [0.1, 0.15) is 77.4 Å². The summed E-state index contributed by atoms with van der Waals surface area (Å²) in [6, 6.07) is -0.461. The lowest BCUT2D eigenvalue weighted by atomic mass is 9.72. The van der Waals surface area contributed by atoms with Gasteiger partial charge in [0.2, 0.25) is 5.91 Å². The maximum absolute atomic E-state index is 13.5. The highest BCUT2D eigenvalue weighted by Gasteiger charge is 2.56. The maximum Gasteiger partial charge on any atom is 0.397 e. The zero-order chi connectivity index (χ0) is 30.0. The zero-order valence-electron chi connectivity index (χ0n) is 23.9. The molecule has 2 saturated heterocycles. The van der Waals surface area contributed by atoms with Crippen LogP contribution in [-0.4, -0.2) is 76.4 Å². The molecule has 13 heteroatoms. The highest BCUT2D eigenvalue weighted by atomic mass is 32.3. The van der Waals surface area contributed by atoms with Gasteiger partial charge in [-0.25, -0.2) is 9.17 Å². The number of aryl methyl sites for hydroxylation is 1. The molecular formula is C27H42N2O9S2. The average molecular weight is 603 g/mol. The van der Waals surface area contributed by atoms with Crippen molar-refractivity contribution in [1.29, 1.82) is 0 Å². The number of fused-ring (bicyclic) bond motifs is 1. The lowest BCUT2D eigenvalue weighted by Crippen LogP contribution is -2.48. The summed E-state index contributed by atoms with van der Waals surface area (Å²) in [5.41, 5.74) is -0.625. The average Bonchev–Trinajstić information content (AvgIpc) is 3.38. The molecule has 7 atom stereocenters. The Labute approximate surface area is 240 Å². The number of ketones is 1. The van der Waals surface area contributed by atoms with E-state index in [9.17, 15) is 32.8 Å². The van der Waals surface area contributed by atoms with Gasteiger partial charge < -0.3 is 20.3 Å². The van der Waals surface area contributed by atoms with Crippen molar-refractivity contribution >= 4 is 39.5 Å². The first-order chi connectivity index (χ1) is 18.5. The van der Waals surface area contributed by atoms with E-state index in [-0.39, 0.29) is 19.1 Å². The van der Waals surface area contributed by atoms with E-state index in [1.807, 2.05) is 25.3 Å². The van der Waals surface area contributed by atoms with Gasteiger partial charge in [-0.05, 0) is 44.3 Å². The van der Waals surface area contributed by atoms with Gasteiger partial charge in [-0.1, -0.05) is 34.1 Å². The first-order valence-corrected chi connectivity index (χ1v) is 15.8. The number of carbonyl (C=O) groups is 2. The number of epoxide rings is 1. The van der Waals surface area contributed by atoms with Crippen LogP contribution in [0.25, 0.3) is 6.08 Å². The van der Waals surface area contributed by atoms with Crippen LogP contribution in [0.5, 0.6) is 0 Å². The van der Waals surface area contributed by atoms with E-state index in [1.54, 1.807) is 6.92 Å². The van der Waals surface area contributed by atoms with Crippen LogP contribution in [0.4, 0.5) is 0 Å². The summed E-state index contributed by atoms with van der Waals surface area (Å²) >= 11 is 1.51. The van der Waals surface area contributed by atoms with Crippen molar-refractivity contribution in [2.24, 2.45) is 17.3 Å². The number of aliphatic hydroxyl groups excluding tert-OH is 2. The number of hydrogen-bond donors (Lipinski definition) is 4. The van der Waals surface area contributed by atoms with Gasteiger partial charge in [0, 0.05) is 17.7 Å². The fourth-order valence-corrected chi connectivity index (χ4v) is 6.79. The molecule has 0 bridgehead atoms. The van der Waals surface area contributed by atoms with E-state index in [4.69, 9.17) is 8.92 Å². The molecule has 0 spiro atoms. The number of rotatable bonds is 5. The third-order valence-electron chi connectivity index (χ3n) is 8.33. The van der Waals surface area contributed by atoms with Gasteiger partial charge in [0.15, 0.2) is 0 Å². The predicted octanol–water partition coefficient (Wildman–Crippen LogP) is 2.85. The largest absolute Gasteiger partial charge is 0.397 e. The molecule has 3 heterocycles. The summed E-state index contributed by atoms with van der Waals surface area (Å²) in [5.74, 6) is -2.47. The Bertz CT molecular complexity index is 1210. The van der Waals surface area contributed by atoms with E-state index < -0.39 is 63.2 Å². The molecule has 2 aliphatic heterocycles. The molecule has 40 heavy (non-hydrogen) atoms. The van der Waals surface area contributed by atoms with Crippen molar-refractivity contribution in [1.82, 2.24) is 10.3 Å². The fourth-order valence-electron chi connectivity index (χ4n) is 5.59. The number of Topliss-reactive ketones (excluding diaryl/α,β-unsaturated/α-hetero) is 1. The Balaban J connectivity index is 1.93. The Morgan fingerprint density at radius 1 is 1.32 bits per heavy atom. The number of nitrogens with one attached hydrogen (secondary N) is 1. The molecule has 11 nitrogen and oxygen atoms in total. The van der Waals surface area contributed by atoms with Crippen molar-refractivity contribution in [3.05, 3.63) is 21.7 Å². The van der Waals surface area contributed by atoms with Gasteiger partial charge in [-0.2, -0.15) is 8.42 Å². The van der Waals surface area contributed by atoms with Crippen molar-refractivity contribution in [3.63, 3.8) is 0 Å². The molecule has 0 radical (unpaired) electrons. The molecular weight excluding hydrogens is 560 g/mol. The van der Waals surface area contributed by atoms with Crippen LogP contribution in [0.15, 0.2) is 11.0 Å².